The van der Waals surface area contributed by atoms with Gasteiger partial charge in [0, 0.05) is 5.69 Å². The Morgan fingerprint density at radius 3 is 2.24 bits per heavy atom. The van der Waals surface area contributed by atoms with E-state index in [4.69, 9.17) is 0 Å². The Morgan fingerprint density at radius 1 is 1.05 bits per heavy atom. The highest BCUT2D eigenvalue weighted by molar-refractivity contribution is 5.46. The number of piperazine rings is 1. The molecule has 0 unspecified atom stereocenters. The predicted molar refractivity (Wildman–Crippen MR) is 85.7 cm³/mol. The second kappa shape index (κ2) is 6.34. The highest BCUT2D eigenvalue weighted by atomic mass is 15.3. The van der Waals surface area contributed by atoms with Gasteiger partial charge < -0.3 is 20.4 Å². The summed E-state index contributed by atoms with van der Waals surface area (Å²) in [4.78, 5) is 6.05. The van der Waals surface area contributed by atoms with Crippen LogP contribution in [0, 0.1) is 0 Å². The van der Waals surface area contributed by atoms with Crippen LogP contribution in [0.3, 0.4) is 0 Å². The van der Waals surface area contributed by atoms with E-state index < -0.39 is 0 Å². The maximum Gasteiger partial charge on any atom is 0.158 e. The number of para-hydroxylation sites is 1. The van der Waals surface area contributed by atoms with Gasteiger partial charge in [-0.25, -0.2) is 0 Å². The summed E-state index contributed by atoms with van der Waals surface area (Å²) < 4.78 is 0. The first kappa shape index (κ1) is 14.8. The van der Waals surface area contributed by atoms with Gasteiger partial charge >= 0.3 is 0 Å². The highest BCUT2D eigenvalue weighted by Gasteiger charge is 2.46. The lowest BCUT2D eigenvalue weighted by atomic mass is 9.85. The molecule has 2 heterocycles. The standard InChI is InChI=1S/C17H28N4/c1-19-9-7-17(15-18,8-10-19)21-13-11-20(12-14-21)16-5-3-2-4-6-16/h2-6H,7-15,18H2,1H3/p+3. The number of piperidine rings is 1. The van der Waals surface area contributed by atoms with Gasteiger partial charge in [0.1, 0.15) is 6.54 Å². The fraction of sp³-hybridized carbons (Fsp3) is 0.647. The lowest BCUT2D eigenvalue weighted by Gasteiger charge is -2.45. The van der Waals surface area contributed by atoms with Gasteiger partial charge in [-0.3, -0.25) is 0 Å². The van der Waals surface area contributed by atoms with Crippen molar-refractivity contribution < 1.29 is 15.5 Å². The van der Waals surface area contributed by atoms with Gasteiger partial charge in [-0.05, 0) is 12.1 Å². The highest BCUT2D eigenvalue weighted by Crippen LogP contribution is 2.15. The number of hydrogen-bond donors (Lipinski definition) is 3. The Balaban J connectivity index is 1.62. The number of anilines is 1. The van der Waals surface area contributed by atoms with Crippen molar-refractivity contribution >= 4 is 5.69 Å². The number of nitrogens with zero attached hydrogens (tertiary/aromatic N) is 1. The fourth-order valence-corrected chi connectivity index (χ4v) is 4.14. The van der Waals surface area contributed by atoms with Crippen LogP contribution in [0.5, 0.6) is 0 Å². The Bertz CT molecular complexity index is 431. The summed E-state index contributed by atoms with van der Waals surface area (Å²) in [5, 5.41) is 0. The topological polar surface area (TPSA) is 39.8 Å². The summed E-state index contributed by atoms with van der Waals surface area (Å²) in [5.41, 5.74) is 6.16. The maximum absolute atomic E-state index is 4.32. The molecule has 2 aliphatic heterocycles. The molecule has 0 saturated carbocycles. The molecule has 116 valence electrons. The monoisotopic (exact) mass is 291 g/mol. The second-order valence-corrected chi connectivity index (χ2v) is 6.91. The molecule has 3 rings (SSSR count). The van der Waals surface area contributed by atoms with Gasteiger partial charge in [-0.15, -0.1) is 0 Å². The molecule has 0 radical (unpaired) electrons. The first-order valence-electron chi connectivity index (χ1n) is 8.49. The van der Waals surface area contributed by atoms with Crippen LogP contribution >= 0.6 is 0 Å². The molecule has 0 bridgehead atoms. The summed E-state index contributed by atoms with van der Waals surface area (Å²) in [6.45, 7) is 8.64. The zero-order chi connectivity index (χ0) is 14.7. The Hall–Kier alpha value is -1.10. The first-order chi connectivity index (χ1) is 10.2. The summed E-state index contributed by atoms with van der Waals surface area (Å²) in [6.07, 6.45) is 2.70. The van der Waals surface area contributed by atoms with E-state index in [2.05, 4.69) is 48.0 Å². The second-order valence-electron chi connectivity index (χ2n) is 6.91. The van der Waals surface area contributed by atoms with Crippen molar-refractivity contribution in [1.82, 2.24) is 0 Å². The van der Waals surface area contributed by atoms with Crippen LogP contribution in [0.2, 0.25) is 0 Å². The Labute approximate surface area is 128 Å². The number of likely N-dealkylation sites (tertiary alicyclic amines) is 1. The van der Waals surface area contributed by atoms with E-state index in [9.17, 15) is 0 Å². The smallest absolute Gasteiger partial charge is 0.158 e. The molecular formula is C17H31N4+3. The zero-order valence-electron chi connectivity index (χ0n) is 13.4. The van der Waals surface area contributed by atoms with Gasteiger partial charge in [0.25, 0.3) is 0 Å². The minimum absolute atomic E-state index is 0.461. The molecule has 21 heavy (non-hydrogen) atoms. The summed E-state index contributed by atoms with van der Waals surface area (Å²) in [5.74, 6) is 0. The van der Waals surface area contributed by atoms with Crippen molar-refractivity contribution in [3.63, 3.8) is 0 Å². The van der Waals surface area contributed by atoms with Crippen molar-refractivity contribution in [1.29, 1.82) is 0 Å². The normalized spacial score (nSPS) is 31.3. The Kier molecular flexibility index (Phi) is 4.48. The van der Waals surface area contributed by atoms with Crippen LogP contribution < -0.4 is 20.4 Å². The molecule has 2 aliphatic rings. The van der Waals surface area contributed by atoms with Crippen molar-refractivity contribution in [2.75, 3.05) is 57.8 Å². The molecule has 1 aromatic carbocycles. The predicted octanol–water partition coefficient (Wildman–Crippen LogP) is -2.32. The van der Waals surface area contributed by atoms with Crippen molar-refractivity contribution in [2.45, 2.75) is 18.4 Å². The molecule has 5 N–H and O–H groups in total. The Morgan fingerprint density at radius 2 is 1.67 bits per heavy atom. The molecule has 4 heteroatoms. The van der Waals surface area contributed by atoms with Crippen molar-refractivity contribution in [3.05, 3.63) is 30.3 Å². The number of quaternary nitrogens is 3. The fourth-order valence-electron chi connectivity index (χ4n) is 4.14. The lowest BCUT2D eigenvalue weighted by molar-refractivity contribution is -0.981. The van der Waals surface area contributed by atoms with Gasteiger partial charge in [-0.1, -0.05) is 18.2 Å². The van der Waals surface area contributed by atoms with Crippen LogP contribution in [0.25, 0.3) is 0 Å². The minimum atomic E-state index is 0.461. The molecule has 0 atom stereocenters. The molecule has 0 amide bonds. The molecule has 4 nitrogen and oxygen atoms in total. The van der Waals surface area contributed by atoms with E-state index in [0.717, 1.165) is 6.54 Å². The molecule has 0 aromatic heterocycles. The van der Waals surface area contributed by atoms with Gasteiger partial charge in [0.2, 0.25) is 0 Å². The van der Waals surface area contributed by atoms with E-state index in [0.29, 0.717) is 5.54 Å². The molecule has 0 spiro atoms. The van der Waals surface area contributed by atoms with Crippen LogP contribution in [-0.2, 0) is 0 Å². The molecule has 0 aliphatic carbocycles. The van der Waals surface area contributed by atoms with Crippen LogP contribution in [0.1, 0.15) is 12.8 Å². The third-order valence-corrected chi connectivity index (χ3v) is 5.78. The third-order valence-electron chi connectivity index (χ3n) is 5.78. The van der Waals surface area contributed by atoms with Gasteiger partial charge in [0.05, 0.1) is 59.2 Å². The quantitative estimate of drug-likeness (QED) is 0.575. The van der Waals surface area contributed by atoms with E-state index in [1.165, 1.54) is 57.8 Å². The zero-order valence-corrected chi connectivity index (χ0v) is 13.4. The summed E-state index contributed by atoms with van der Waals surface area (Å²) in [7, 11) is 2.33. The molecular weight excluding hydrogens is 260 g/mol. The molecule has 2 saturated heterocycles. The minimum Gasteiger partial charge on any atom is -0.360 e. The van der Waals surface area contributed by atoms with E-state index in [-0.39, 0.29) is 0 Å². The van der Waals surface area contributed by atoms with E-state index >= 15 is 0 Å². The third kappa shape index (κ3) is 3.07. The van der Waals surface area contributed by atoms with Crippen LogP contribution in [0.15, 0.2) is 30.3 Å². The van der Waals surface area contributed by atoms with E-state index in [1.54, 1.807) is 4.90 Å². The SMILES string of the molecule is C[NH+]1CCC(C[NH3+])([NH+]2CCN(c3ccccc3)CC2)CC1. The number of hydrogen-bond acceptors (Lipinski definition) is 1. The average molecular weight is 291 g/mol. The largest absolute Gasteiger partial charge is 0.360 e. The van der Waals surface area contributed by atoms with Crippen LogP contribution in [0.4, 0.5) is 5.69 Å². The molecule has 1 aromatic rings. The van der Waals surface area contributed by atoms with E-state index in [1.807, 2.05) is 4.90 Å². The van der Waals surface area contributed by atoms with Crippen molar-refractivity contribution in [3.8, 4) is 0 Å². The maximum atomic E-state index is 4.32. The van der Waals surface area contributed by atoms with Gasteiger partial charge in [-0.2, -0.15) is 0 Å². The first-order valence-corrected chi connectivity index (χ1v) is 8.49. The molecule has 2 fully saturated rings. The number of rotatable bonds is 3. The van der Waals surface area contributed by atoms with Gasteiger partial charge in [0.15, 0.2) is 5.54 Å². The number of nitrogens with one attached hydrogen (secondary N) is 2. The summed E-state index contributed by atoms with van der Waals surface area (Å²) in [6, 6.07) is 10.9. The van der Waals surface area contributed by atoms with Crippen molar-refractivity contribution in [2.24, 2.45) is 0 Å². The van der Waals surface area contributed by atoms with Crippen LogP contribution in [-0.4, -0.2) is 58.4 Å². The number of benzene rings is 1. The summed E-state index contributed by atoms with van der Waals surface area (Å²) >= 11 is 0. The lowest BCUT2D eigenvalue weighted by Crippen LogP contribution is -3.26. The average Bonchev–Trinajstić information content (AvgIpc) is 2.57.